The van der Waals surface area contributed by atoms with E-state index in [0.717, 1.165) is 12.8 Å². The van der Waals surface area contributed by atoms with Gasteiger partial charge < -0.3 is 20.2 Å². The van der Waals surface area contributed by atoms with Gasteiger partial charge in [-0.05, 0) is 32.3 Å². The molecular formula is C17H27N3O3. The summed E-state index contributed by atoms with van der Waals surface area (Å²) in [4.78, 5) is 16.7. The van der Waals surface area contributed by atoms with E-state index in [4.69, 9.17) is 9.57 Å². The Labute approximate surface area is 138 Å². The van der Waals surface area contributed by atoms with E-state index in [-0.39, 0.29) is 12.1 Å². The number of benzene rings is 1. The largest absolute Gasteiger partial charge is 0.467 e. The topological polar surface area (TPSA) is 71.6 Å². The summed E-state index contributed by atoms with van der Waals surface area (Å²) < 4.78 is 4.76. The van der Waals surface area contributed by atoms with Crippen molar-refractivity contribution in [2.24, 2.45) is 0 Å². The van der Waals surface area contributed by atoms with E-state index in [0.29, 0.717) is 5.82 Å². The second-order valence-corrected chi connectivity index (χ2v) is 5.76. The van der Waals surface area contributed by atoms with Crippen molar-refractivity contribution in [3.8, 4) is 0 Å². The molecule has 0 spiro atoms. The highest BCUT2D eigenvalue weighted by Gasteiger charge is 2.29. The Morgan fingerprint density at radius 3 is 2.48 bits per heavy atom. The molecule has 0 saturated carbocycles. The zero-order valence-corrected chi connectivity index (χ0v) is 14.3. The Kier molecular flexibility index (Phi) is 7.57. The molecule has 0 aromatic heterocycles. The van der Waals surface area contributed by atoms with Gasteiger partial charge in [0.15, 0.2) is 0 Å². The number of methoxy groups -OCH3 is 1. The van der Waals surface area contributed by atoms with Gasteiger partial charge in [0.2, 0.25) is 0 Å². The van der Waals surface area contributed by atoms with Gasteiger partial charge in [0.05, 0.1) is 20.0 Å². The predicted octanol–water partition coefficient (Wildman–Crippen LogP) is 1.70. The Morgan fingerprint density at radius 2 is 1.91 bits per heavy atom. The van der Waals surface area contributed by atoms with Gasteiger partial charge >= 0.3 is 5.97 Å². The van der Waals surface area contributed by atoms with Gasteiger partial charge in [-0.2, -0.15) is 5.48 Å². The van der Waals surface area contributed by atoms with Crippen LogP contribution in [-0.4, -0.2) is 31.9 Å². The standard InChI is InChI=1S/C17H27N3O3/c1-13(19-17(2,3)16(21)22-4)18-15(20-23-5)12-11-14-9-7-6-8-10-14/h6-10,15,18-20H,1,11-12H2,2-5H3. The molecule has 6 nitrogen and oxygen atoms in total. The lowest BCUT2D eigenvalue weighted by atomic mass is 10.1. The molecule has 1 unspecified atom stereocenters. The number of ether oxygens (including phenoxy) is 1. The number of hydrogen-bond donors (Lipinski definition) is 3. The molecule has 23 heavy (non-hydrogen) atoms. The molecule has 0 aliphatic rings. The maximum atomic E-state index is 11.7. The molecule has 0 amide bonds. The number of esters is 1. The van der Waals surface area contributed by atoms with Crippen LogP contribution in [0.3, 0.4) is 0 Å². The van der Waals surface area contributed by atoms with Crippen molar-refractivity contribution in [2.45, 2.75) is 38.4 Å². The predicted molar refractivity (Wildman–Crippen MR) is 90.2 cm³/mol. The van der Waals surface area contributed by atoms with E-state index in [9.17, 15) is 4.79 Å². The maximum Gasteiger partial charge on any atom is 0.330 e. The number of carbonyl (C=O) groups excluding carboxylic acids is 1. The molecule has 0 bridgehead atoms. The van der Waals surface area contributed by atoms with E-state index < -0.39 is 5.54 Å². The molecule has 3 N–H and O–H groups in total. The summed E-state index contributed by atoms with van der Waals surface area (Å²) in [6.07, 6.45) is 1.52. The first-order valence-electron chi connectivity index (χ1n) is 7.53. The number of rotatable bonds is 10. The van der Waals surface area contributed by atoms with E-state index in [2.05, 4.69) is 34.8 Å². The highest BCUT2D eigenvalue weighted by molar-refractivity contribution is 5.79. The summed E-state index contributed by atoms with van der Waals surface area (Å²) in [6, 6.07) is 10.2. The van der Waals surface area contributed by atoms with Crippen LogP contribution in [0, 0.1) is 0 Å². The maximum absolute atomic E-state index is 11.7. The van der Waals surface area contributed by atoms with Crippen LogP contribution in [0.15, 0.2) is 42.7 Å². The van der Waals surface area contributed by atoms with Gasteiger partial charge in [0.25, 0.3) is 0 Å². The summed E-state index contributed by atoms with van der Waals surface area (Å²) in [5, 5.41) is 6.19. The third-order valence-electron chi connectivity index (χ3n) is 3.33. The van der Waals surface area contributed by atoms with Crippen molar-refractivity contribution in [1.82, 2.24) is 16.1 Å². The highest BCUT2D eigenvalue weighted by atomic mass is 16.6. The average Bonchev–Trinajstić information content (AvgIpc) is 2.52. The fraction of sp³-hybridized carbons (Fsp3) is 0.471. The molecule has 128 valence electrons. The van der Waals surface area contributed by atoms with Crippen molar-refractivity contribution < 1.29 is 14.4 Å². The Bertz CT molecular complexity index is 503. The molecule has 1 aromatic carbocycles. The lowest BCUT2D eigenvalue weighted by molar-refractivity contribution is -0.146. The summed E-state index contributed by atoms with van der Waals surface area (Å²) in [5.41, 5.74) is 3.26. The number of hydroxylamine groups is 1. The Balaban J connectivity index is 2.54. The first kappa shape index (κ1) is 19.0. The van der Waals surface area contributed by atoms with Gasteiger partial charge in [0, 0.05) is 0 Å². The van der Waals surface area contributed by atoms with Crippen LogP contribution in [-0.2, 0) is 20.8 Å². The minimum Gasteiger partial charge on any atom is -0.467 e. The van der Waals surface area contributed by atoms with E-state index in [1.54, 1.807) is 21.0 Å². The molecule has 0 aliphatic carbocycles. The van der Waals surface area contributed by atoms with E-state index in [1.807, 2.05) is 18.2 Å². The average molecular weight is 321 g/mol. The summed E-state index contributed by atoms with van der Waals surface area (Å²) in [5.74, 6) is 0.156. The Hall–Kier alpha value is -2.05. The molecule has 0 saturated heterocycles. The van der Waals surface area contributed by atoms with Crippen LogP contribution in [0.2, 0.25) is 0 Å². The lowest BCUT2D eigenvalue weighted by Crippen LogP contribution is -2.52. The first-order chi connectivity index (χ1) is 10.9. The van der Waals surface area contributed by atoms with Crippen LogP contribution < -0.4 is 16.1 Å². The number of hydrogen-bond acceptors (Lipinski definition) is 6. The van der Waals surface area contributed by atoms with E-state index in [1.165, 1.54) is 12.7 Å². The van der Waals surface area contributed by atoms with Crippen molar-refractivity contribution >= 4 is 5.97 Å². The molecule has 1 rings (SSSR count). The third-order valence-corrected chi connectivity index (χ3v) is 3.33. The normalized spacial score (nSPS) is 12.3. The van der Waals surface area contributed by atoms with Gasteiger partial charge in [0.1, 0.15) is 11.7 Å². The zero-order chi connectivity index (χ0) is 17.3. The lowest BCUT2D eigenvalue weighted by Gasteiger charge is -2.29. The summed E-state index contributed by atoms with van der Waals surface area (Å²) in [6.45, 7) is 7.37. The summed E-state index contributed by atoms with van der Waals surface area (Å²) in [7, 11) is 2.92. The number of carbonyl (C=O) groups is 1. The van der Waals surface area contributed by atoms with Crippen molar-refractivity contribution in [2.75, 3.05) is 14.2 Å². The number of nitrogens with one attached hydrogen (secondary N) is 3. The minimum absolute atomic E-state index is 0.145. The molecule has 0 heterocycles. The van der Waals surface area contributed by atoms with Crippen LogP contribution >= 0.6 is 0 Å². The molecule has 0 radical (unpaired) electrons. The zero-order valence-electron chi connectivity index (χ0n) is 14.3. The van der Waals surface area contributed by atoms with Crippen molar-refractivity contribution in [3.05, 3.63) is 48.3 Å². The molecular weight excluding hydrogens is 294 g/mol. The van der Waals surface area contributed by atoms with Crippen molar-refractivity contribution in [1.29, 1.82) is 0 Å². The quantitative estimate of drug-likeness (QED) is 0.346. The minimum atomic E-state index is -0.865. The monoisotopic (exact) mass is 321 g/mol. The molecule has 6 heteroatoms. The molecule has 1 aromatic rings. The third kappa shape index (κ3) is 6.71. The first-order valence-corrected chi connectivity index (χ1v) is 7.53. The van der Waals surface area contributed by atoms with Crippen LogP contribution in [0.25, 0.3) is 0 Å². The van der Waals surface area contributed by atoms with Gasteiger partial charge in [-0.1, -0.05) is 36.9 Å². The summed E-state index contributed by atoms with van der Waals surface area (Å²) >= 11 is 0. The number of aryl methyl sites for hydroxylation is 1. The molecule has 0 fully saturated rings. The van der Waals surface area contributed by atoms with E-state index >= 15 is 0 Å². The molecule has 0 aliphatic heterocycles. The second-order valence-electron chi connectivity index (χ2n) is 5.76. The fourth-order valence-corrected chi connectivity index (χ4v) is 2.19. The van der Waals surface area contributed by atoms with Gasteiger partial charge in [-0.3, -0.25) is 0 Å². The highest BCUT2D eigenvalue weighted by Crippen LogP contribution is 2.08. The van der Waals surface area contributed by atoms with Crippen LogP contribution in [0.4, 0.5) is 0 Å². The fourth-order valence-electron chi connectivity index (χ4n) is 2.19. The van der Waals surface area contributed by atoms with Crippen molar-refractivity contribution in [3.63, 3.8) is 0 Å². The van der Waals surface area contributed by atoms with Crippen LogP contribution in [0.5, 0.6) is 0 Å². The SMILES string of the molecule is C=C(NC(CCc1ccccc1)NOC)NC(C)(C)C(=O)OC. The van der Waals surface area contributed by atoms with Gasteiger partial charge in [-0.15, -0.1) is 0 Å². The smallest absolute Gasteiger partial charge is 0.330 e. The second kappa shape index (κ2) is 9.17. The van der Waals surface area contributed by atoms with Crippen LogP contribution in [0.1, 0.15) is 25.8 Å². The van der Waals surface area contributed by atoms with Gasteiger partial charge in [-0.25, -0.2) is 4.79 Å². The Morgan fingerprint density at radius 1 is 1.26 bits per heavy atom. The molecule has 1 atom stereocenters.